The highest BCUT2D eigenvalue weighted by molar-refractivity contribution is 7.80. The second-order valence-corrected chi connectivity index (χ2v) is 7.15. The SMILES string of the molecule is CCN(C(=O)c1ccc(NC(=S)NC(=O)c2cccc(C)c2)cc1)c1ccccc1. The molecule has 0 radical (unpaired) electrons. The fourth-order valence-electron chi connectivity index (χ4n) is 3.03. The van der Waals surface area contributed by atoms with E-state index < -0.39 is 0 Å². The van der Waals surface area contributed by atoms with Gasteiger partial charge in [0.15, 0.2) is 5.11 Å². The number of hydrogen-bond donors (Lipinski definition) is 2. The quantitative estimate of drug-likeness (QED) is 0.586. The van der Waals surface area contributed by atoms with Crippen molar-refractivity contribution in [2.75, 3.05) is 16.8 Å². The van der Waals surface area contributed by atoms with Crippen LogP contribution in [0, 0.1) is 6.92 Å². The van der Waals surface area contributed by atoms with Gasteiger partial charge in [-0.25, -0.2) is 0 Å². The predicted octanol–water partition coefficient (Wildman–Crippen LogP) is 4.79. The summed E-state index contributed by atoms with van der Waals surface area (Å²) in [5.41, 5.74) is 3.65. The number of carbonyl (C=O) groups excluding carboxylic acids is 2. The van der Waals surface area contributed by atoms with Gasteiger partial charge in [0.2, 0.25) is 0 Å². The minimum absolute atomic E-state index is 0.0782. The molecule has 2 amide bonds. The summed E-state index contributed by atoms with van der Waals surface area (Å²) in [6, 6.07) is 23.8. The first-order chi connectivity index (χ1) is 14.5. The molecule has 6 heteroatoms. The highest BCUT2D eigenvalue weighted by Crippen LogP contribution is 2.18. The number of nitrogens with zero attached hydrogens (tertiary/aromatic N) is 1. The number of hydrogen-bond acceptors (Lipinski definition) is 3. The van der Waals surface area contributed by atoms with Crippen molar-refractivity contribution in [2.24, 2.45) is 0 Å². The lowest BCUT2D eigenvalue weighted by molar-refractivity contribution is 0.0973. The third kappa shape index (κ3) is 5.30. The predicted molar refractivity (Wildman–Crippen MR) is 125 cm³/mol. The van der Waals surface area contributed by atoms with Crippen molar-refractivity contribution in [1.82, 2.24) is 5.32 Å². The van der Waals surface area contributed by atoms with Crippen LogP contribution in [0.5, 0.6) is 0 Å². The van der Waals surface area contributed by atoms with E-state index in [1.54, 1.807) is 41.3 Å². The van der Waals surface area contributed by atoms with E-state index >= 15 is 0 Å². The van der Waals surface area contributed by atoms with Gasteiger partial charge in [-0.15, -0.1) is 0 Å². The second-order valence-electron chi connectivity index (χ2n) is 6.74. The standard InChI is InChI=1S/C24H23N3O2S/c1-3-27(21-10-5-4-6-11-21)23(29)18-12-14-20(15-13-18)25-24(30)26-22(28)19-9-7-8-17(2)16-19/h4-16H,3H2,1-2H3,(H2,25,26,28,30). The summed E-state index contributed by atoms with van der Waals surface area (Å²) in [4.78, 5) is 26.9. The van der Waals surface area contributed by atoms with E-state index in [2.05, 4.69) is 10.6 Å². The summed E-state index contributed by atoms with van der Waals surface area (Å²) in [6.45, 7) is 4.43. The minimum Gasteiger partial charge on any atom is -0.332 e. The molecule has 0 atom stereocenters. The van der Waals surface area contributed by atoms with Crippen molar-refractivity contribution < 1.29 is 9.59 Å². The molecular weight excluding hydrogens is 394 g/mol. The third-order valence-electron chi connectivity index (χ3n) is 4.53. The highest BCUT2D eigenvalue weighted by atomic mass is 32.1. The van der Waals surface area contributed by atoms with Gasteiger partial charge in [0.05, 0.1) is 0 Å². The number of nitrogens with one attached hydrogen (secondary N) is 2. The fourth-order valence-corrected chi connectivity index (χ4v) is 3.24. The molecule has 0 fully saturated rings. The largest absolute Gasteiger partial charge is 0.332 e. The van der Waals surface area contributed by atoms with Crippen molar-refractivity contribution >= 4 is 40.5 Å². The number of amides is 2. The van der Waals surface area contributed by atoms with Gasteiger partial charge >= 0.3 is 0 Å². The normalized spacial score (nSPS) is 10.2. The molecule has 152 valence electrons. The molecule has 0 saturated heterocycles. The molecule has 2 N–H and O–H groups in total. The van der Waals surface area contributed by atoms with Crippen molar-refractivity contribution in [3.63, 3.8) is 0 Å². The number of para-hydroxylation sites is 1. The smallest absolute Gasteiger partial charge is 0.258 e. The number of benzene rings is 3. The molecule has 0 aliphatic heterocycles. The molecule has 30 heavy (non-hydrogen) atoms. The van der Waals surface area contributed by atoms with Crippen molar-refractivity contribution in [3.8, 4) is 0 Å². The Kier molecular flexibility index (Phi) is 6.93. The van der Waals surface area contributed by atoms with Gasteiger partial charge < -0.3 is 10.2 Å². The van der Waals surface area contributed by atoms with Crippen molar-refractivity contribution in [3.05, 3.63) is 95.6 Å². The zero-order valence-corrected chi connectivity index (χ0v) is 17.7. The van der Waals surface area contributed by atoms with E-state index in [-0.39, 0.29) is 16.9 Å². The average molecular weight is 418 g/mol. The first-order valence-corrected chi connectivity index (χ1v) is 10.0. The Balaban J connectivity index is 1.63. The first kappa shape index (κ1) is 21.2. The van der Waals surface area contributed by atoms with Crippen LogP contribution in [0.15, 0.2) is 78.9 Å². The molecule has 0 unspecified atom stereocenters. The maximum Gasteiger partial charge on any atom is 0.258 e. The van der Waals surface area contributed by atoms with Crippen LogP contribution in [0.4, 0.5) is 11.4 Å². The van der Waals surface area contributed by atoms with Crippen LogP contribution in [-0.4, -0.2) is 23.5 Å². The first-order valence-electron chi connectivity index (χ1n) is 9.64. The van der Waals surface area contributed by atoms with Gasteiger partial charge in [-0.05, 0) is 74.6 Å². The van der Waals surface area contributed by atoms with Crippen LogP contribution in [0.1, 0.15) is 33.2 Å². The molecular formula is C24H23N3O2S. The molecule has 3 rings (SSSR count). The van der Waals surface area contributed by atoms with Crippen LogP contribution < -0.4 is 15.5 Å². The fraction of sp³-hybridized carbons (Fsp3) is 0.125. The Morgan fingerprint density at radius 2 is 1.60 bits per heavy atom. The van der Waals surface area contributed by atoms with Crippen LogP contribution in [-0.2, 0) is 0 Å². The highest BCUT2D eigenvalue weighted by Gasteiger charge is 2.16. The van der Waals surface area contributed by atoms with Crippen LogP contribution >= 0.6 is 12.2 Å². The lowest BCUT2D eigenvalue weighted by atomic mass is 10.1. The third-order valence-corrected chi connectivity index (χ3v) is 4.73. The summed E-state index contributed by atoms with van der Waals surface area (Å²) >= 11 is 5.24. The molecule has 0 spiro atoms. The summed E-state index contributed by atoms with van der Waals surface area (Å²) < 4.78 is 0. The van der Waals surface area contributed by atoms with Gasteiger partial charge in [0.1, 0.15) is 0 Å². The Morgan fingerprint density at radius 3 is 2.23 bits per heavy atom. The van der Waals surface area contributed by atoms with Crippen LogP contribution in [0.2, 0.25) is 0 Å². The lowest BCUT2D eigenvalue weighted by Gasteiger charge is -2.21. The average Bonchev–Trinajstić information content (AvgIpc) is 2.75. The maximum atomic E-state index is 12.9. The number of thiocarbonyl (C=S) groups is 1. The Labute approximate surface area is 181 Å². The van der Waals surface area contributed by atoms with E-state index in [4.69, 9.17) is 12.2 Å². The molecule has 5 nitrogen and oxygen atoms in total. The summed E-state index contributed by atoms with van der Waals surface area (Å²) in [5.74, 6) is -0.352. The molecule has 0 aliphatic rings. The van der Waals surface area contributed by atoms with Gasteiger partial charge in [-0.3, -0.25) is 14.9 Å². The van der Waals surface area contributed by atoms with E-state index in [0.29, 0.717) is 23.4 Å². The Morgan fingerprint density at radius 1 is 0.900 bits per heavy atom. The summed E-state index contributed by atoms with van der Waals surface area (Å²) in [6.07, 6.45) is 0. The number of aryl methyl sites for hydroxylation is 1. The monoisotopic (exact) mass is 417 g/mol. The van der Waals surface area contributed by atoms with Gasteiger partial charge in [-0.1, -0.05) is 35.9 Å². The van der Waals surface area contributed by atoms with Crippen LogP contribution in [0.25, 0.3) is 0 Å². The molecule has 3 aromatic rings. The molecule has 0 saturated carbocycles. The molecule has 0 aliphatic carbocycles. The van der Waals surface area contributed by atoms with Crippen LogP contribution in [0.3, 0.4) is 0 Å². The minimum atomic E-state index is -0.274. The van der Waals surface area contributed by atoms with Gasteiger partial charge in [0.25, 0.3) is 11.8 Å². The molecule has 3 aromatic carbocycles. The Hall–Kier alpha value is -3.51. The van der Waals surface area contributed by atoms with E-state index in [1.165, 1.54) is 0 Å². The van der Waals surface area contributed by atoms with Crippen molar-refractivity contribution in [2.45, 2.75) is 13.8 Å². The molecule has 0 aromatic heterocycles. The van der Waals surface area contributed by atoms with Gasteiger partial charge in [-0.2, -0.15) is 0 Å². The molecule has 0 bridgehead atoms. The van der Waals surface area contributed by atoms with Gasteiger partial charge in [0, 0.05) is 29.0 Å². The number of rotatable bonds is 5. The zero-order chi connectivity index (χ0) is 21.5. The Bertz CT molecular complexity index is 1050. The summed E-state index contributed by atoms with van der Waals surface area (Å²) in [5, 5.41) is 5.83. The van der Waals surface area contributed by atoms with Crippen molar-refractivity contribution in [1.29, 1.82) is 0 Å². The zero-order valence-electron chi connectivity index (χ0n) is 16.9. The maximum absolute atomic E-state index is 12.9. The number of anilines is 2. The molecule has 0 heterocycles. The van der Waals surface area contributed by atoms with E-state index in [1.807, 2.05) is 56.3 Å². The summed E-state index contributed by atoms with van der Waals surface area (Å²) in [7, 11) is 0. The van der Waals surface area contributed by atoms with E-state index in [9.17, 15) is 9.59 Å². The lowest BCUT2D eigenvalue weighted by Crippen LogP contribution is -2.34. The number of carbonyl (C=O) groups is 2. The van der Waals surface area contributed by atoms with E-state index in [0.717, 1.165) is 11.3 Å². The topological polar surface area (TPSA) is 61.4 Å². The second kappa shape index (κ2) is 9.80.